The van der Waals surface area contributed by atoms with Crippen LogP contribution in [0.2, 0.25) is 0 Å². The highest BCUT2D eigenvalue weighted by atomic mass is 32.2. The van der Waals surface area contributed by atoms with Crippen molar-refractivity contribution < 1.29 is 18.3 Å². The number of rotatable bonds is 5. The Balaban J connectivity index is 2.32. The van der Waals surface area contributed by atoms with E-state index >= 15 is 0 Å². The van der Waals surface area contributed by atoms with Crippen molar-refractivity contribution in [1.82, 2.24) is 4.31 Å². The molecule has 0 bridgehead atoms. The maximum Gasteiger partial charge on any atom is 0.335 e. The molecule has 0 aromatic heterocycles. The highest BCUT2D eigenvalue weighted by molar-refractivity contribution is 7.89. The molecule has 6 nitrogen and oxygen atoms in total. The Kier molecular flexibility index (Phi) is 5.74. The molecule has 0 unspecified atom stereocenters. The third kappa shape index (κ3) is 4.09. The molecular formula is C16H20N2O4S. The Bertz CT molecular complexity index is 684. The van der Waals surface area contributed by atoms with E-state index in [1.807, 2.05) is 6.07 Å². The number of hydrogen-bond acceptors (Lipinski definition) is 4. The van der Waals surface area contributed by atoms with Crippen LogP contribution >= 0.6 is 0 Å². The quantitative estimate of drug-likeness (QED) is 0.658. The van der Waals surface area contributed by atoms with Gasteiger partial charge in [0.15, 0.2) is 0 Å². The minimum Gasteiger partial charge on any atom is -0.478 e. The first kappa shape index (κ1) is 17.4. The second-order valence-electron chi connectivity index (χ2n) is 5.68. The molecule has 1 aromatic rings. The zero-order valence-corrected chi connectivity index (χ0v) is 13.6. The van der Waals surface area contributed by atoms with Crippen LogP contribution in [0.15, 0.2) is 29.2 Å². The number of carboxylic acid groups (broad SMARTS) is 1. The number of aromatic carboxylic acids is 1. The van der Waals surface area contributed by atoms with Crippen LogP contribution in [0, 0.1) is 11.3 Å². The molecule has 0 amide bonds. The van der Waals surface area contributed by atoms with Crippen molar-refractivity contribution in [3.8, 4) is 6.07 Å². The molecule has 7 heteroatoms. The topological polar surface area (TPSA) is 98.5 Å². The lowest BCUT2D eigenvalue weighted by atomic mass is 10.1. The van der Waals surface area contributed by atoms with Crippen molar-refractivity contribution in [1.29, 1.82) is 5.26 Å². The molecule has 23 heavy (non-hydrogen) atoms. The monoisotopic (exact) mass is 336 g/mol. The first-order valence-electron chi connectivity index (χ1n) is 7.69. The molecule has 124 valence electrons. The van der Waals surface area contributed by atoms with Crippen molar-refractivity contribution in [3.63, 3.8) is 0 Å². The highest BCUT2D eigenvalue weighted by Crippen LogP contribution is 2.27. The Morgan fingerprint density at radius 2 is 1.74 bits per heavy atom. The number of nitriles is 1. The average molecular weight is 336 g/mol. The van der Waals surface area contributed by atoms with Gasteiger partial charge in [0.25, 0.3) is 0 Å². The maximum absolute atomic E-state index is 12.8. The minimum atomic E-state index is -3.80. The SMILES string of the molecule is N#CCN(C1CCCCCC1)S(=O)(=O)c1ccc(C(=O)O)cc1. The summed E-state index contributed by atoms with van der Waals surface area (Å²) in [5.41, 5.74) is 0.0326. The number of carboxylic acids is 1. The van der Waals surface area contributed by atoms with Gasteiger partial charge >= 0.3 is 5.97 Å². The fourth-order valence-electron chi connectivity index (χ4n) is 2.93. The first-order chi connectivity index (χ1) is 11.0. The molecule has 1 aliphatic rings. The molecule has 0 heterocycles. The molecule has 0 atom stereocenters. The summed E-state index contributed by atoms with van der Waals surface area (Å²) < 4.78 is 27.0. The highest BCUT2D eigenvalue weighted by Gasteiger charge is 2.31. The van der Waals surface area contributed by atoms with E-state index in [0.717, 1.165) is 38.5 Å². The zero-order valence-electron chi connectivity index (χ0n) is 12.8. The van der Waals surface area contributed by atoms with Gasteiger partial charge in [0, 0.05) is 6.04 Å². The van der Waals surface area contributed by atoms with Gasteiger partial charge < -0.3 is 5.11 Å². The van der Waals surface area contributed by atoms with Crippen LogP contribution in [0.1, 0.15) is 48.9 Å². The number of carbonyl (C=O) groups is 1. The second-order valence-corrected chi connectivity index (χ2v) is 7.57. The fourth-order valence-corrected chi connectivity index (χ4v) is 4.51. The van der Waals surface area contributed by atoms with E-state index in [9.17, 15) is 13.2 Å². The predicted octanol–water partition coefficient (Wildman–Crippen LogP) is 2.62. The number of sulfonamides is 1. The van der Waals surface area contributed by atoms with Gasteiger partial charge in [-0.1, -0.05) is 25.7 Å². The van der Waals surface area contributed by atoms with E-state index in [4.69, 9.17) is 10.4 Å². The van der Waals surface area contributed by atoms with E-state index in [1.54, 1.807) is 0 Å². The van der Waals surface area contributed by atoms with Crippen LogP contribution in [0.5, 0.6) is 0 Å². The van der Waals surface area contributed by atoms with Crippen LogP contribution in [0.25, 0.3) is 0 Å². The maximum atomic E-state index is 12.8. The normalized spacial score (nSPS) is 16.7. The Labute approximate surface area is 136 Å². The standard InChI is InChI=1S/C16H20N2O4S/c17-11-12-18(14-5-3-1-2-4-6-14)23(21,22)15-9-7-13(8-10-15)16(19)20/h7-10,14H,1-6,12H2,(H,19,20). The zero-order chi connectivity index (χ0) is 16.9. The number of benzene rings is 1. The van der Waals surface area contributed by atoms with Crippen molar-refractivity contribution >= 4 is 16.0 Å². The molecular weight excluding hydrogens is 316 g/mol. The van der Waals surface area contributed by atoms with Crippen molar-refractivity contribution in [2.45, 2.75) is 49.5 Å². The van der Waals surface area contributed by atoms with Crippen molar-refractivity contribution in [3.05, 3.63) is 29.8 Å². The molecule has 1 saturated carbocycles. The van der Waals surface area contributed by atoms with Gasteiger partial charge in [-0.05, 0) is 37.1 Å². The molecule has 0 saturated heterocycles. The Morgan fingerprint density at radius 3 is 2.22 bits per heavy atom. The van der Waals surface area contributed by atoms with Gasteiger partial charge in [0.05, 0.1) is 16.5 Å². The summed E-state index contributed by atoms with van der Waals surface area (Å²) in [5.74, 6) is -1.11. The van der Waals surface area contributed by atoms with Gasteiger partial charge in [0.1, 0.15) is 6.54 Å². The third-order valence-electron chi connectivity index (χ3n) is 4.17. The minimum absolute atomic E-state index is 0.0296. The van der Waals surface area contributed by atoms with Crippen LogP contribution in [0.4, 0.5) is 0 Å². The third-order valence-corrected chi connectivity index (χ3v) is 6.08. The summed E-state index contributed by atoms with van der Waals surface area (Å²) in [7, 11) is -3.80. The average Bonchev–Trinajstić information content (AvgIpc) is 2.81. The predicted molar refractivity (Wildman–Crippen MR) is 84.4 cm³/mol. The van der Waals surface area contributed by atoms with Gasteiger partial charge in [-0.3, -0.25) is 0 Å². The smallest absolute Gasteiger partial charge is 0.335 e. The molecule has 0 spiro atoms. The largest absolute Gasteiger partial charge is 0.478 e. The summed E-state index contributed by atoms with van der Waals surface area (Å²) in [6, 6.07) is 6.90. The van der Waals surface area contributed by atoms with E-state index in [1.165, 1.54) is 28.6 Å². The number of hydrogen-bond donors (Lipinski definition) is 1. The molecule has 0 radical (unpaired) electrons. The van der Waals surface area contributed by atoms with Gasteiger partial charge in [-0.15, -0.1) is 0 Å². The van der Waals surface area contributed by atoms with Crippen molar-refractivity contribution in [2.75, 3.05) is 6.54 Å². The van der Waals surface area contributed by atoms with Gasteiger partial charge in [-0.2, -0.15) is 9.57 Å². The van der Waals surface area contributed by atoms with Gasteiger partial charge in [0.2, 0.25) is 10.0 Å². The molecule has 2 rings (SSSR count). The molecule has 1 aromatic carbocycles. The summed E-state index contributed by atoms with van der Waals surface area (Å²) in [6.07, 6.45) is 5.61. The van der Waals surface area contributed by atoms with E-state index in [-0.39, 0.29) is 23.0 Å². The Hall–Kier alpha value is -1.91. The lowest BCUT2D eigenvalue weighted by Gasteiger charge is -2.28. The lowest BCUT2D eigenvalue weighted by molar-refractivity contribution is 0.0696. The molecule has 1 aliphatic carbocycles. The van der Waals surface area contributed by atoms with Crippen LogP contribution in [-0.2, 0) is 10.0 Å². The van der Waals surface area contributed by atoms with Crippen LogP contribution < -0.4 is 0 Å². The Morgan fingerprint density at radius 1 is 1.17 bits per heavy atom. The second kappa shape index (κ2) is 7.57. The van der Waals surface area contributed by atoms with Crippen molar-refractivity contribution in [2.24, 2.45) is 0 Å². The first-order valence-corrected chi connectivity index (χ1v) is 9.13. The van der Waals surface area contributed by atoms with E-state index < -0.39 is 16.0 Å². The van der Waals surface area contributed by atoms with E-state index in [2.05, 4.69) is 0 Å². The van der Waals surface area contributed by atoms with Gasteiger partial charge in [-0.25, -0.2) is 13.2 Å². The van der Waals surface area contributed by atoms with Crippen LogP contribution in [0.3, 0.4) is 0 Å². The summed E-state index contributed by atoms with van der Waals surface area (Å²) >= 11 is 0. The number of nitrogens with zero attached hydrogens (tertiary/aromatic N) is 2. The van der Waals surface area contributed by atoms with E-state index in [0.29, 0.717) is 0 Å². The molecule has 1 fully saturated rings. The lowest BCUT2D eigenvalue weighted by Crippen LogP contribution is -2.40. The fraction of sp³-hybridized carbons (Fsp3) is 0.500. The summed E-state index contributed by atoms with van der Waals surface area (Å²) in [5, 5.41) is 17.9. The van der Waals surface area contributed by atoms with Crippen LogP contribution in [-0.4, -0.2) is 36.4 Å². The molecule has 1 N–H and O–H groups in total. The molecule has 0 aliphatic heterocycles. The summed E-state index contributed by atoms with van der Waals surface area (Å²) in [4.78, 5) is 10.9. The summed E-state index contributed by atoms with van der Waals surface area (Å²) in [6.45, 7) is -0.187.